The van der Waals surface area contributed by atoms with E-state index in [-0.39, 0.29) is 5.69 Å². The second-order valence-electron chi connectivity index (χ2n) is 4.33. The van der Waals surface area contributed by atoms with E-state index in [1.54, 1.807) is 6.07 Å². The zero-order valence-corrected chi connectivity index (χ0v) is 11.6. The van der Waals surface area contributed by atoms with Gasteiger partial charge in [-0.3, -0.25) is 14.9 Å². The van der Waals surface area contributed by atoms with Gasteiger partial charge in [0.25, 0.3) is 11.6 Å². The molecule has 22 heavy (non-hydrogen) atoms. The van der Waals surface area contributed by atoms with Crippen LogP contribution in [0, 0.1) is 10.1 Å². The number of carbonyl (C=O) groups excluding carboxylic acids is 2. The minimum absolute atomic E-state index is 0.112. The van der Waals surface area contributed by atoms with Crippen LogP contribution in [0.2, 0.25) is 0 Å². The Labute approximate surface area is 125 Å². The summed E-state index contributed by atoms with van der Waals surface area (Å²) in [6.45, 7) is 0. The van der Waals surface area contributed by atoms with Crippen molar-refractivity contribution in [3.63, 3.8) is 0 Å². The second-order valence-corrected chi connectivity index (χ2v) is 4.33. The van der Waals surface area contributed by atoms with Crippen LogP contribution in [0.25, 0.3) is 0 Å². The molecule has 0 radical (unpaired) electrons. The molecule has 0 atom stereocenters. The summed E-state index contributed by atoms with van der Waals surface area (Å²) >= 11 is 0. The molecule has 7 heteroatoms. The molecule has 0 fully saturated rings. The monoisotopic (exact) mass is 300 g/mol. The van der Waals surface area contributed by atoms with Crippen molar-refractivity contribution in [2.75, 3.05) is 12.4 Å². The third-order valence-corrected chi connectivity index (χ3v) is 2.88. The van der Waals surface area contributed by atoms with Crippen LogP contribution >= 0.6 is 0 Å². The van der Waals surface area contributed by atoms with Crippen molar-refractivity contribution < 1.29 is 19.2 Å². The summed E-state index contributed by atoms with van der Waals surface area (Å²) in [6, 6.07) is 11.5. The number of nitro benzene ring substituents is 1. The number of anilines is 1. The van der Waals surface area contributed by atoms with Crippen LogP contribution < -0.4 is 5.32 Å². The lowest BCUT2D eigenvalue weighted by atomic mass is 10.1. The predicted molar refractivity (Wildman–Crippen MR) is 78.8 cm³/mol. The van der Waals surface area contributed by atoms with Crippen LogP contribution in [0.15, 0.2) is 48.5 Å². The maximum atomic E-state index is 12.0. The largest absolute Gasteiger partial charge is 0.465 e. The van der Waals surface area contributed by atoms with Crippen molar-refractivity contribution in [3.8, 4) is 0 Å². The first kappa shape index (κ1) is 15.2. The SMILES string of the molecule is COC(=O)c1ccc(C(=O)Nc2cccc([N+](=O)[O-])c2)cc1. The lowest BCUT2D eigenvalue weighted by Gasteiger charge is -2.06. The van der Waals surface area contributed by atoms with Gasteiger partial charge in [0.15, 0.2) is 0 Å². The van der Waals surface area contributed by atoms with Gasteiger partial charge in [-0.25, -0.2) is 4.79 Å². The fraction of sp³-hybridized carbons (Fsp3) is 0.0667. The number of nitrogens with one attached hydrogen (secondary N) is 1. The van der Waals surface area contributed by atoms with Gasteiger partial charge in [-0.1, -0.05) is 6.07 Å². The highest BCUT2D eigenvalue weighted by Crippen LogP contribution is 2.18. The van der Waals surface area contributed by atoms with E-state index in [4.69, 9.17) is 0 Å². The Morgan fingerprint density at radius 2 is 1.73 bits per heavy atom. The van der Waals surface area contributed by atoms with Crippen LogP contribution in [0.3, 0.4) is 0 Å². The Balaban J connectivity index is 2.13. The zero-order chi connectivity index (χ0) is 16.1. The van der Waals surface area contributed by atoms with Gasteiger partial charge >= 0.3 is 5.97 Å². The number of hydrogen-bond donors (Lipinski definition) is 1. The van der Waals surface area contributed by atoms with Crippen LogP contribution in [0.5, 0.6) is 0 Å². The first-order valence-corrected chi connectivity index (χ1v) is 6.25. The quantitative estimate of drug-likeness (QED) is 0.531. The molecule has 0 unspecified atom stereocenters. The maximum Gasteiger partial charge on any atom is 0.337 e. The summed E-state index contributed by atoms with van der Waals surface area (Å²) in [7, 11) is 1.27. The zero-order valence-electron chi connectivity index (χ0n) is 11.6. The van der Waals surface area contributed by atoms with Crippen LogP contribution in [-0.4, -0.2) is 23.9 Å². The molecule has 0 aliphatic rings. The molecule has 0 bridgehead atoms. The minimum atomic E-state index is -0.541. The van der Waals surface area contributed by atoms with Gasteiger partial charge in [-0.2, -0.15) is 0 Å². The molecule has 1 N–H and O–H groups in total. The average molecular weight is 300 g/mol. The van der Waals surface area contributed by atoms with Crippen molar-refractivity contribution in [1.29, 1.82) is 0 Å². The molecule has 0 saturated heterocycles. The molecule has 0 heterocycles. The van der Waals surface area contributed by atoms with E-state index in [1.165, 1.54) is 49.6 Å². The van der Waals surface area contributed by atoms with Crippen LogP contribution in [-0.2, 0) is 4.74 Å². The number of nitrogens with zero attached hydrogens (tertiary/aromatic N) is 1. The third kappa shape index (κ3) is 3.45. The topological polar surface area (TPSA) is 98.5 Å². The van der Waals surface area contributed by atoms with Crippen LogP contribution in [0.4, 0.5) is 11.4 Å². The Bertz CT molecular complexity index is 725. The smallest absolute Gasteiger partial charge is 0.337 e. The molecule has 0 aromatic heterocycles. The van der Waals surface area contributed by atoms with Gasteiger partial charge in [-0.15, -0.1) is 0 Å². The highest BCUT2D eigenvalue weighted by molar-refractivity contribution is 6.04. The van der Waals surface area contributed by atoms with Gasteiger partial charge in [0.2, 0.25) is 0 Å². The summed E-state index contributed by atoms with van der Waals surface area (Å²) < 4.78 is 4.56. The van der Waals surface area contributed by atoms with Gasteiger partial charge in [-0.05, 0) is 30.3 Å². The van der Waals surface area contributed by atoms with Crippen molar-refractivity contribution in [2.45, 2.75) is 0 Å². The molecular weight excluding hydrogens is 288 g/mol. The highest BCUT2D eigenvalue weighted by Gasteiger charge is 2.11. The molecule has 0 saturated carbocycles. The van der Waals surface area contributed by atoms with Crippen molar-refractivity contribution in [1.82, 2.24) is 0 Å². The number of nitro groups is 1. The van der Waals surface area contributed by atoms with E-state index in [1.807, 2.05) is 0 Å². The molecular formula is C15H12N2O5. The summed E-state index contributed by atoms with van der Waals surface area (Å²) in [6.07, 6.45) is 0. The molecule has 1 amide bonds. The third-order valence-electron chi connectivity index (χ3n) is 2.88. The average Bonchev–Trinajstić information content (AvgIpc) is 2.54. The molecule has 2 aromatic carbocycles. The van der Waals surface area contributed by atoms with E-state index in [0.29, 0.717) is 16.8 Å². The van der Waals surface area contributed by atoms with Crippen molar-refractivity contribution in [2.24, 2.45) is 0 Å². The molecule has 2 aromatic rings. The Morgan fingerprint density at radius 3 is 2.32 bits per heavy atom. The van der Waals surface area contributed by atoms with E-state index in [2.05, 4.69) is 10.1 Å². The lowest BCUT2D eigenvalue weighted by molar-refractivity contribution is -0.384. The maximum absolute atomic E-state index is 12.0. The number of amides is 1. The van der Waals surface area contributed by atoms with Gasteiger partial charge in [0, 0.05) is 23.4 Å². The van der Waals surface area contributed by atoms with Gasteiger partial charge in [0.05, 0.1) is 17.6 Å². The summed E-state index contributed by atoms with van der Waals surface area (Å²) in [5.41, 5.74) is 0.851. The predicted octanol–water partition coefficient (Wildman–Crippen LogP) is 2.63. The van der Waals surface area contributed by atoms with E-state index in [0.717, 1.165) is 0 Å². The molecule has 0 spiro atoms. The minimum Gasteiger partial charge on any atom is -0.465 e. The lowest BCUT2D eigenvalue weighted by Crippen LogP contribution is -2.12. The number of ether oxygens (including phenoxy) is 1. The first-order chi connectivity index (χ1) is 10.5. The molecule has 0 aliphatic carbocycles. The highest BCUT2D eigenvalue weighted by atomic mass is 16.6. The number of esters is 1. The number of non-ortho nitro benzene ring substituents is 1. The Morgan fingerprint density at radius 1 is 1.09 bits per heavy atom. The Kier molecular flexibility index (Phi) is 4.47. The summed E-state index contributed by atoms with van der Waals surface area (Å²) in [5, 5.41) is 13.2. The van der Waals surface area contributed by atoms with Crippen molar-refractivity contribution in [3.05, 3.63) is 69.8 Å². The second kappa shape index (κ2) is 6.49. The first-order valence-electron chi connectivity index (χ1n) is 6.25. The number of hydrogen-bond acceptors (Lipinski definition) is 5. The summed E-state index contributed by atoms with van der Waals surface area (Å²) in [4.78, 5) is 33.5. The standard InChI is InChI=1S/C15H12N2O5/c1-22-15(19)11-7-5-10(6-8-11)14(18)16-12-3-2-4-13(9-12)17(20)21/h2-9H,1H3,(H,16,18). The number of methoxy groups -OCH3 is 1. The molecule has 0 aliphatic heterocycles. The molecule has 7 nitrogen and oxygen atoms in total. The van der Waals surface area contributed by atoms with Crippen molar-refractivity contribution >= 4 is 23.3 Å². The van der Waals surface area contributed by atoms with Gasteiger partial charge < -0.3 is 10.1 Å². The van der Waals surface area contributed by atoms with E-state index < -0.39 is 16.8 Å². The fourth-order valence-corrected chi connectivity index (χ4v) is 1.78. The number of rotatable bonds is 4. The van der Waals surface area contributed by atoms with E-state index in [9.17, 15) is 19.7 Å². The fourth-order valence-electron chi connectivity index (χ4n) is 1.78. The van der Waals surface area contributed by atoms with E-state index >= 15 is 0 Å². The number of benzene rings is 2. The number of carbonyl (C=O) groups is 2. The van der Waals surface area contributed by atoms with Gasteiger partial charge in [0.1, 0.15) is 0 Å². The summed E-state index contributed by atoms with van der Waals surface area (Å²) in [5.74, 6) is -0.928. The molecule has 2 rings (SSSR count). The van der Waals surface area contributed by atoms with Crippen LogP contribution in [0.1, 0.15) is 20.7 Å². The molecule has 112 valence electrons. The normalized spacial score (nSPS) is 9.86. The Hall–Kier alpha value is -3.22.